The molecular weight excluding hydrogens is 322 g/mol. The first-order valence-electron chi connectivity index (χ1n) is 8.24. The molecule has 0 aliphatic carbocycles. The van der Waals surface area contributed by atoms with E-state index in [4.69, 9.17) is 5.73 Å². The molecule has 3 heterocycles. The maximum atomic E-state index is 12.1. The van der Waals surface area contributed by atoms with Crippen LogP contribution in [0.4, 0.5) is 11.9 Å². The Hall–Kier alpha value is -2.97. The van der Waals surface area contributed by atoms with E-state index in [0.29, 0.717) is 18.2 Å². The molecule has 4 N–H and O–H groups in total. The summed E-state index contributed by atoms with van der Waals surface area (Å²) in [5.41, 5.74) is 5.48. The number of anilines is 2. The second kappa shape index (κ2) is 7.73. The summed E-state index contributed by atoms with van der Waals surface area (Å²) in [4.78, 5) is 40.4. The number of carbonyl (C=O) groups is 1. The van der Waals surface area contributed by atoms with Crippen LogP contribution in [0.15, 0.2) is 29.3 Å². The van der Waals surface area contributed by atoms with Gasteiger partial charge in [-0.1, -0.05) is 0 Å². The molecule has 0 saturated carbocycles. The van der Waals surface area contributed by atoms with E-state index < -0.39 is 0 Å². The molecular formula is C16H21N7O2. The summed E-state index contributed by atoms with van der Waals surface area (Å²) >= 11 is 0. The van der Waals surface area contributed by atoms with Crippen LogP contribution < -0.4 is 21.5 Å². The van der Waals surface area contributed by atoms with Gasteiger partial charge >= 0.3 is 0 Å². The third kappa shape index (κ3) is 4.75. The number of carbonyl (C=O) groups excluding carboxylic acids is 1. The molecule has 25 heavy (non-hydrogen) atoms. The normalized spacial score (nSPS) is 17.3. The van der Waals surface area contributed by atoms with E-state index in [0.717, 1.165) is 31.9 Å². The van der Waals surface area contributed by atoms with Gasteiger partial charge in [0.25, 0.3) is 5.56 Å². The lowest BCUT2D eigenvalue weighted by Gasteiger charge is -2.32. The number of hydrogen-bond acceptors (Lipinski definition) is 7. The molecule has 132 valence electrons. The lowest BCUT2D eigenvalue weighted by atomic mass is 9.98. The zero-order valence-corrected chi connectivity index (χ0v) is 13.8. The highest BCUT2D eigenvalue weighted by Gasteiger charge is 2.22. The fourth-order valence-electron chi connectivity index (χ4n) is 2.97. The first-order valence-corrected chi connectivity index (χ1v) is 8.24. The molecule has 3 rings (SSSR count). The molecule has 9 heteroatoms. The van der Waals surface area contributed by atoms with Gasteiger partial charge in [-0.3, -0.25) is 14.6 Å². The quantitative estimate of drug-likeness (QED) is 0.680. The van der Waals surface area contributed by atoms with Crippen LogP contribution in [0.3, 0.4) is 0 Å². The van der Waals surface area contributed by atoms with Crippen molar-refractivity contribution >= 4 is 17.8 Å². The molecule has 0 bridgehead atoms. The van der Waals surface area contributed by atoms with Crippen LogP contribution >= 0.6 is 0 Å². The fourth-order valence-corrected chi connectivity index (χ4v) is 2.97. The van der Waals surface area contributed by atoms with Crippen LogP contribution in [0.1, 0.15) is 18.5 Å². The minimum Gasteiger partial charge on any atom is -0.369 e. The smallest absolute Gasteiger partial charge is 0.252 e. The van der Waals surface area contributed by atoms with E-state index in [9.17, 15) is 9.59 Å². The molecule has 0 aromatic carbocycles. The van der Waals surface area contributed by atoms with E-state index in [1.54, 1.807) is 18.5 Å². The summed E-state index contributed by atoms with van der Waals surface area (Å²) in [5, 5.41) is 2.91. The van der Waals surface area contributed by atoms with Crippen molar-refractivity contribution in [2.75, 3.05) is 30.3 Å². The van der Waals surface area contributed by atoms with Crippen LogP contribution in [0, 0.1) is 5.92 Å². The number of hydrogen-bond donors (Lipinski definition) is 3. The zero-order valence-electron chi connectivity index (χ0n) is 13.8. The van der Waals surface area contributed by atoms with E-state index in [-0.39, 0.29) is 23.8 Å². The molecule has 1 amide bonds. The van der Waals surface area contributed by atoms with Crippen molar-refractivity contribution in [1.29, 1.82) is 0 Å². The second-order valence-corrected chi connectivity index (χ2v) is 6.11. The molecule has 1 fully saturated rings. The third-order valence-electron chi connectivity index (χ3n) is 4.10. The molecule has 9 nitrogen and oxygen atoms in total. The lowest BCUT2D eigenvalue weighted by molar-refractivity contribution is -0.120. The Balaban J connectivity index is 1.51. The number of nitrogens with two attached hydrogens (primary N) is 1. The summed E-state index contributed by atoms with van der Waals surface area (Å²) in [6, 6.07) is 3.08. The van der Waals surface area contributed by atoms with Crippen LogP contribution in [-0.4, -0.2) is 45.5 Å². The van der Waals surface area contributed by atoms with Crippen molar-refractivity contribution in [1.82, 2.24) is 25.3 Å². The molecule has 1 saturated heterocycles. The average molecular weight is 343 g/mol. The molecule has 0 radical (unpaired) electrons. The highest BCUT2D eigenvalue weighted by molar-refractivity contribution is 5.78. The van der Waals surface area contributed by atoms with Crippen molar-refractivity contribution in [3.05, 3.63) is 40.6 Å². The van der Waals surface area contributed by atoms with E-state index in [2.05, 4.69) is 30.2 Å². The number of H-pyrrole nitrogens is 1. The molecule has 1 aliphatic heterocycles. The van der Waals surface area contributed by atoms with E-state index in [1.807, 2.05) is 0 Å². The van der Waals surface area contributed by atoms with Crippen LogP contribution in [0.5, 0.6) is 0 Å². The van der Waals surface area contributed by atoms with E-state index in [1.165, 1.54) is 6.07 Å². The summed E-state index contributed by atoms with van der Waals surface area (Å²) in [6.07, 6.45) is 5.57. The summed E-state index contributed by atoms with van der Waals surface area (Å²) in [6.45, 7) is 2.30. The highest BCUT2D eigenvalue weighted by Crippen LogP contribution is 2.19. The number of rotatable bonds is 5. The van der Waals surface area contributed by atoms with Gasteiger partial charge in [0.15, 0.2) is 0 Å². The summed E-state index contributed by atoms with van der Waals surface area (Å²) < 4.78 is 0. The predicted octanol–water partition coefficient (Wildman–Crippen LogP) is -0.283. The van der Waals surface area contributed by atoms with Crippen molar-refractivity contribution in [3.63, 3.8) is 0 Å². The van der Waals surface area contributed by atoms with Crippen LogP contribution in [-0.2, 0) is 11.2 Å². The SMILES string of the molecule is Nc1nc(CC(=O)NC[C@H]2CCCN(c3ncccn3)C2)cc(=O)[nH]1. The Morgan fingerprint density at radius 3 is 2.96 bits per heavy atom. The molecule has 2 aromatic heterocycles. The Morgan fingerprint density at radius 2 is 2.20 bits per heavy atom. The van der Waals surface area contributed by atoms with Gasteiger partial charge in [-0.25, -0.2) is 15.0 Å². The maximum absolute atomic E-state index is 12.1. The minimum atomic E-state index is -0.360. The van der Waals surface area contributed by atoms with Crippen LogP contribution in [0.2, 0.25) is 0 Å². The molecule has 0 spiro atoms. The van der Waals surface area contributed by atoms with Gasteiger partial charge in [0.05, 0.1) is 12.1 Å². The first kappa shape index (κ1) is 16.9. The number of aromatic amines is 1. The number of nitrogens with one attached hydrogen (secondary N) is 2. The predicted molar refractivity (Wildman–Crippen MR) is 93.0 cm³/mol. The van der Waals surface area contributed by atoms with Crippen molar-refractivity contribution in [3.8, 4) is 0 Å². The number of nitrogens with zero attached hydrogens (tertiary/aromatic N) is 4. The lowest BCUT2D eigenvalue weighted by Crippen LogP contribution is -2.42. The van der Waals surface area contributed by atoms with Gasteiger partial charge in [0.2, 0.25) is 17.8 Å². The van der Waals surface area contributed by atoms with Crippen LogP contribution in [0.25, 0.3) is 0 Å². The van der Waals surface area contributed by atoms with Gasteiger partial charge in [-0.15, -0.1) is 0 Å². The van der Waals surface area contributed by atoms with Gasteiger partial charge in [-0.2, -0.15) is 0 Å². The zero-order chi connectivity index (χ0) is 17.6. The average Bonchev–Trinajstić information content (AvgIpc) is 2.60. The van der Waals surface area contributed by atoms with Gasteiger partial charge < -0.3 is 16.0 Å². The number of nitrogen functional groups attached to an aromatic ring is 1. The minimum absolute atomic E-state index is 0.0149. The second-order valence-electron chi connectivity index (χ2n) is 6.11. The number of piperidine rings is 1. The first-order chi connectivity index (χ1) is 12.1. The van der Waals surface area contributed by atoms with Gasteiger partial charge in [-0.05, 0) is 24.8 Å². The van der Waals surface area contributed by atoms with Gasteiger partial charge in [0.1, 0.15) is 0 Å². The standard InChI is InChI=1S/C16H21N7O2/c17-15-21-12(8-14(25)22-15)7-13(24)20-9-11-3-1-6-23(10-11)16-18-4-2-5-19-16/h2,4-5,8,11H,1,3,6-7,9-10H2,(H,20,24)(H3,17,21,22,25)/t11-/m1/s1. The molecule has 0 unspecified atom stereocenters. The number of aromatic nitrogens is 4. The number of amides is 1. The largest absolute Gasteiger partial charge is 0.369 e. The van der Waals surface area contributed by atoms with E-state index >= 15 is 0 Å². The third-order valence-corrected chi connectivity index (χ3v) is 4.10. The Morgan fingerprint density at radius 1 is 1.40 bits per heavy atom. The fraction of sp³-hybridized carbons (Fsp3) is 0.438. The van der Waals surface area contributed by atoms with Crippen molar-refractivity contribution in [2.24, 2.45) is 5.92 Å². The monoisotopic (exact) mass is 343 g/mol. The molecule has 2 aromatic rings. The molecule has 1 aliphatic rings. The Bertz CT molecular complexity index is 778. The topological polar surface area (TPSA) is 130 Å². The highest BCUT2D eigenvalue weighted by atomic mass is 16.1. The Labute approximate surface area is 144 Å². The molecule has 1 atom stereocenters. The maximum Gasteiger partial charge on any atom is 0.252 e. The summed E-state index contributed by atoms with van der Waals surface area (Å²) in [5.74, 6) is 0.895. The Kier molecular flexibility index (Phi) is 5.22. The summed E-state index contributed by atoms with van der Waals surface area (Å²) in [7, 11) is 0. The van der Waals surface area contributed by atoms with Crippen molar-refractivity contribution < 1.29 is 4.79 Å². The van der Waals surface area contributed by atoms with Gasteiger partial charge in [0, 0.05) is 38.1 Å². The van der Waals surface area contributed by atoms with Crippen molar-refractivity contribution in [2.45, 2.75) is 19.3 Å².